The summed E-state index contributed by atoms with van der Waals surface area (Å²) in [5, 5.41) is 6.38. The molecule has 0 saturated heterocycles. The third-order valence-corrected chi connectivity index (χ3v) is 3.10. The molecule has 0 aromatic heterocycles. The lowest BCUT2D eigenvalue weighted by Crippen LogP contribution is -2.42. The second kappa shape index (κ2) is 12.5. The van der Waals surface area contributed by atoms with Gasteiger partial charge in [0.1, 0.15) is 17.7 Å². The summed E-state index contributed by atoms with van der Waals surface area (Å²) in [7, 11) is 3.36. The first-order chi connectivity index (χ1) is 11.7. The zero-order chi connectivity index (χ0) is 17.6. The summed E-state index contributed by atoms with van der Waals surface area (Å²) >= 11 is 0. The Labute approximate surface area is 143 Å². The fourth-order valence-electron chi connectivity index (χ4n) is 1.90. The molecule has 1 aromatic carbocycles. The first-order valence-corrected chi connectivity index (χ1v) is 8.09. The van der Waals surface area contributed by atoms with Gasteiger partial charge in [0, 0.05) is 33.4 Å². The van der Waals surface area contributed by atoms with E-state index in [1.807, 2.05) is 6.92 Å². The first kappa shape index (κ1) is 20.2. The van der Waals surface area contributed by atoms with Crippen LogP contribution in [0.15, 0.2) is 29.3 Å². The van der Waals surface area contributed by atoms with Crippen LogP contribution in [0.3, 0.4) is 0 Å². The predicted molar refractivity (Wildman–Crippen MR) is 93.2 cm³/mol. The fourth-order valence-corrected chi connectivity index (χ4v) is 1.90. The average molecular weight is 341 g/mol. The molecule has 0 aliphatic carbocycles. The Kier molecular flexibility index (Phi) is 10.6. The van der Waals surface area contributed by atoms with Crippen molar-refractivity contribution in [3.8, 4) is 5.75 Å². The average Bonchev–Trinajstić information content (AvgIpc) is 2.56. The highest BCUT2D eigenvalue weighted by atomic mass is 19.1. The number of nitrogens with one attached hydrogen (secondary N) is 2. The molecule has 1 aromatic rings. The molecule has 6 nitrogen and oxygen atoms in total. The Morgan fingerprint density at radius 2 is 2.08 bits per heavy atom. The monoisotopic (exact) mass is 341 g/mol. The summed E-state index contributed by atoms with van der Waals surface area (Å²) in [6, 6.07) is 6.12. The third kappa shape index (κ3) is 9.32. The quantitative estimate of drug-likeness (QED) is 0.365. The van der Waals surface area contributed by atoms with Crippen LogP contribution in [-0.4, -0.2) is 59.1 Å². The molecule has 0 spiro atoms. The van der Waals surface area contributed by atoms with Gasteiger partial charge in [-0.15, -0.1) is 0 Å². The summed E-state index contributed by atoms with van der Waals surface area (Å²) in [6.07, 6.45) is 0.752. The highest BCUT2D eigenvalue weighted by Crippen LogP contribution is 2.13. The minimum Gasteiger partial charge on any atom is -0.489 e. The SMILES string of the molecule is CN=C(NCCCOCCOC)NCC(C)Oc1cccc(F)c1. The number of aliphatic imine (C=N–C) groups is 1. The number of hydrogen-bond acceptors (Lipinski definition) is 4. The van der Waals surface area contributed by atoms with Crippen molar-refractivity contribution in [1.29, 1.82) is 0 Å². The van der Waals surface area contributed by atoms with Gasteiger partial charge in [-0.25, -0.2) is 4.39 Å². The molecule has 0 aliphatic heterocycles. The van der Waals surface area contributed by atoms with E-state index in [1.54, 1.807) is 26.3 Å². The first-order valence-electron chi connectivity index (χ1n) is 8.09. The summed E-state index contributed by atoms with van der Waals surface area (Å²) in [5.74, 6) is 0.903. The van der Waals surface area contributed by atoms with Gasteiger partial charge in [0.15, 0.2) is 5.96 Å². The number of rotatable bonds is 11. The number of methoxy groups -OCH3 is 1. The van der Waals surface area contributed by atoms with Gasteiger partial charge in [0.05, 0.1) is 19.8 Å². The van der Waals surface area contributed by atoms with Gasteiger partial charge in [0.2, 0.25) is 0 Å². The van der Waals surface area contributed by atoms with Crippen LogP contribution >= 0.6 is 0 Å². The van der Waals surface area contributed by atoms with Crippen molar-refractivity contribution in [2.24, 2.45) is 4.99 Å². The molecule has 24 heavy (non-hydrogen) atoms. The highest BCUT2D eigenvalue weighted by molar-refractivity contribution is 5.79. The maximum atomic E-state index is 13.1. The molecule has 0 saturated carbocycles. The number of nitrogens with zero attached hydrogens (tertiary/aromatic N) is 1. The second-order valence-electron chi connectivity index (χ2n) is 5.22. The maximum Gasteiger partial charge on any atom is 0.191 e. The molecule has 0 bridgehead atoms. The molecule has 0 heterocycles. The fraction of sp³-hybridized carbons (Fsp3) is 0.588. The Morgan fingerprint density at radius 3 is 2.79 bits per heavy atom. The van der Waals surface area contributed by atoms with E-state index in [-0.39, 0.29) is 11.9 Å². The minimum atomic E-state index is -0.308. The molecular formula is C17H28FN3O3. The van der Waals surface area contributed by atoms with Crippen LogP contribution in [-0.2, 0) is 9.47 Å². The molecule has 0 fully saturated rings. The van der Waals surface area contributed by atoms with Crippen molar-refractivity contribution in [3.63, 3.8) is 0 Å². The number of halogens is 1. The molecule has 136 valence electrons. The molecule has 1 rings (SSSR count). The van der Waals surface area contributed by atoms with Crippen molar-refractivity contribution in [2.45, 2.75) is 19.4 Å². The van der Waals surface area contributed by atoms with E-state index in [4.69, 9.17) is 14.2 Å². The van der Waals surface area contributed by atoms with Crippen LogP contribution in [0.4, 0.5) is 4.39 Å². The Balaban J connectivity index is 2.16. The maximum absolute atomic E-state index is 13.1. The van der Waals surface area contributed by atoms with Crippen molar-refractivity contribution in [1.82, 2.24) is 10.6 Å². The standard InChI is InChI=1S/C17H28FN3O3/c1-14(24-16-7-4-6-15(18)12-16)13-21-17(19-2)20-8-5-9-23-11-10-22-3/h4,6-7,12,14H,5,8-11,13H2,1-3H3,(H2,19,20,21). The van der Waals surface area contributed by atoms with Gasteiger partial charge >= 0.3 is 0 Å². The second-order valence-corrected chi connectivity index (χ2v) is 5.22. The van der Waals surface area contributed by atoms with E-state index in [0.717, 1.165) is 13.0 Å². The van der Waals surface area contributed by atoms with Crippen molar-refractivity contribution in [2.75, 3.05) is 47.1 Å². The van der Waals surface area contributed by atoms with Crippen LogP contribution < -0.4 is 15.4 Å². The van der Waals surface area contributed by atoms with Crippen molar-refractivity contribution in [3.05, 3.63) is 30.1 Å². The highest BCUT2D eigenvalue weighted by Gasteiger charge is 2.06. The molecule has 0 aliphatic rings. The molecular weight excluding hydrogens is 313 g/mol. The lowest BCUT2D eigenvalue weighted by Gasteiger charge is -2.17. The topological polar surface area (TPSA) is 64.1 Å². The van der Waals surface area contributed by atoms with Crippen LogP contribution in [0, 0.1) is 5.82 Å². The largest absolute Gasteiger partial charge is 0.489 e. The molecule has 2 N–H and O–H groups in total. The summed E-state index contributed by atoms with van der Waals surface area (Å²) in [4.78, 5) is 4.15. The molecule has 0 radical (unpaired) electrons. The number of guanidine groups is 1. The molecule has 1 atom stereocenters. The number of ether oxygens (including phenoxy) is 3. The zero-order valence-corrected chi connectivity index (χ0v) is 14.7. The minimum absolute atomic E-state index is 0.122. The lowest BCUT2D eigenvalue weighted by atomic mass is 10.3. The van der Waals surface area contributed by atoms with Gasteiger partial charge in [-0.1, -0.05) is 6.07 Å². The molecule has 7 heteroatoms. The van der Waals surface area contributed by atoms with E-state index in [9.17, 15) is 4.39 Å². The Hall–Kier alpha value is -1.86. The van der Waals surface area contributed by atoms with Crippen molar-refractivity contribution >= 4 is 5.96 Å². The Bertz CT molecular complexity index is 486. The van der Waals surface area contributed by atoms with Crippen molar-refractivity contribution < 1.29 is 18.6 Å². The summed E-state index contributed by atoms with van der Waals surface area (Å²) in [6.45, 7) is 5.12. The van der Waals surface area contributed by atoms with E-state index < -0.39 is 0 Å². The van der Waals surface area contributed by atoms with Gasteiger partial charge in [-0.3, -0.25) is 4.99 Å². The lowest BCUT2D eigenvalue weighted by molar-refractivity contribution is 0.0698. The van der Waals surface area contributed by atoms with E-state index in [1.165, 1.54) is 12.1 Å². The van der Waals surface area contributed by atoms with Crippen LogP contribution in [0.5, 0.6) is 5.75 Å². The van der Waals surface area contributed by atoms with Gasteiger partial charge < -0.3 is 24.8 Å². The van der Waals surface area contributed by atoms with Crippen LogP contribution in [0.1, 0.15) is 13.3 Å². The third-order valence-electron chi connectivity index (χ3n) is 3.10. The van der Waals surface area contributed by atoms with Gasteiger partial charge in [-0.2, -0.15) is 0 Å². The number of hydrogen-bond donors (Lipinski definition) is 2. The number of benzene rings is 1. The van der Waals surface area contributed by atoms with E-state index >= 15 is 0 Å². The Morgan fingerprint density at radius 1 is 1.25 bits per heavy atom. The van der Waals surface area contributed by atoms with Gasteiger partial charge in [-0.05, 0) is 25.5 Å². The normalized spacial score (nSPS) is 12.8. The smallest absolute Gasteiger partial charge is 0.191 e. The molecule has 1 unspecified atom stereocenters. The van der Waals surface area contributed by atoms with Crippen LogP contribution in [0.2, 0.25) is 0 Å². The predicted octanol–water partition coefficient (Wildman–Crippen LogP) is 1.81. The zero-order valence-electron chi connectivity index (χ0n) is 14.7. The molecule has 0 amide bonds. The van der Waals surface area contributed by atoms with Gasteiger partial charge in [0.25, 0.3) is 0 Å². The summed E-state index contributed by atoms with van der Waals surface area (Å²) in [5.41, 5.74) is 0. The van der Waals surface area contributed by atoms with Crippen LogP contribution in [0.25, 0.3) is 0 Å². The summed E-state index contributed by atoms with van der Waals surface area (Å²) < 4.78 is 29.1. The van der Waals surface area contributed by atoms with E-state index in [2.05, 4.69) is 15.6 Å². The van der Waals surface area contributed by atoms with E-state index in [0.29, 0.717) is 38.1 Å².